The van der Waals surface area contributed by atoms with Crippen LogP contribution in [-0.2, 0) is 11.3 Å². The quantitative estimate of drug-likeness (QED) is 0.704. The van der Waals surface area contributed by atoms with Crippen molar-refractivity contribution in [3.05, 3.63) is 77.4 Å². The highest BCUT2D eigenvalue weighted by atomic mass is 19.3. The first-order chi connectivity index (χ1) is 13.1. The molecule has 3 nitrogen and oxygen atoms in total. The van der Waals surface area contributed by atoms with Gasteiger partial charge in [0.2, 0.25) is 0 Å². The average molecular weight is 369 g/mol. The Hall–Kier alpha value is -2.69. The first-order valence-electron chi connectivity index (χ1n) is 9.20. The molecule has 2 heterocycles. The summed E-state index contributed by atoms with van der Waals surface area (Å²) in [5.41, 5.74) is 2.85. The Morgan fingerprint density at radius 3 is 2.67 bits per heavy atom. The van der Waals surface area contributed by atoms with Crippen LogP contribution in [0.2, 0.25) is 0 Å². The van der Waals surface area contributed by atoms with Gasteiger partial charge in [0.1, 0.15) is 6.61 Å². The summed E-state index contributed by atoms with van der Waals surface area (Å²) in [6.07, 6.45) is 1.71. The van der Waals surface area contributed by atoms with Gasteiger partial charge in [-0.1, -0.05) is 54.6 Å². The number of fused-ring (bicyclic) bond motifs is 2. The van der Waals surface area contributed by atoms with Crippen LogP contribution in [0.15, 0.2) is 60.7 Å². The van der Waals surface area contributed by atoms with Crippen molar-refractivity contribution < 1.29 is 18.3 Å². The van der Waals surface area contributed by atoms with E-state index in [4.69, 9.17) is 4.74 Å². The highest BCUT2D eigenvalue weighted by molar-refractivity contribution is 5.75. The van der Waals surface area contributed by atoms with Crippen molar-refractivity contribution in [1.82, 2.24) is 4.90 Å². The number of carbonyl (C=O) groups excluding carboxylic acids is 1. The number of hydrogen-bond acceptors (Lipinski definition) is 2. The number of benzene rings is 2. The van der Waals surface area contributed by atoms with Crippen LogP contribution in [0, 0.1) is 0 Å². The molecule has 2 aliphatic heterocycles. The third-order valence-corrected chi connectivity index (χ3v) is 5.32. The number of halogens is 2. The van der Waals surface area contributed by atoms with Gasteiger partial charge in [-0.05, 0) is 42.0 Å². The molecule has 2 atom stereocenters. The average Bonchev–Trinajstić information content (AvgIpc) is 2.96. The number of ether oxygens (including phenoxy) is 1. The van der Waals surface area contributed by atoms with Gasteiger partial charge in [-0.15, -0.1) is 0 Å². The van der Waals surface area contributed by atoms with Crippen LogP contribution in [0.5, 0.6) is 0 Å². The van der Waals surface area contributed by atoms with E-state index in [1.54, 1.807) is 12.1 Å². The second-order valence-electron chi connectivity index (χ2n) is 7.07. The third kappa shape index (κ3) is 3.72. The van der Waals surface area contributed by atoms with E-state index in [-0.39, 0.29) is 30.3 Å². The van der Waals surface area contributed by atoms with Crippen LogP contribution in [0.3, 0.4) is 0 Å². The Morgan fingerprint density at radius 2 is 1.93 bits per heavy atom. The zero-order chi connectivity index (χ0) is 18.8. The van der Waals surface area contributed by atoms with E-state index in [2.05, 4.69) is 0 Å². The highest BCUT2D eigenvalue weighted by Gasteiger charge is 2.40. The van der Waals surface area contributed by atoms with Crippen molar-refractivity contribution in [3.8, 4) is 0 Å². The number of rotatable bonds is 4. The lowest BCUT2D eigenvalue weighted by Gasteiger charge is -2.33. The van der Waals surface area contributed by atoms with Crippen LogP contribution >= 0.6 is 0 Å². The lowest BCUT2D eigenvalue weighted by atomic mass is 9.94. The molecule has 0 aromatic heterocycles. The molecule has 2 aromatic carbocycles. The summed E-state index contributed by atoms with van der Waals surface area (Å²) in [5.74, 6) is 0. The van der Waals surface area contributed by atoms with Gasteiger partial charge in [-0.2, -0.15) is 0 Å². The molecule has 0 radical (unpaired) electrons. The first kappa shape index (κ1) is 17.7. The smallest absolute Gasteiger partial charge is 0.410 e. The number of carbonyl (C=O) groups is 1. The van der Waals surface area contributed by atoms with Crippen LogP contribution in [-0.4, -0.2) is 23.1 Å². The lowest BCUT2D eigenvalue weighted by molar-refractivity contribution is 0.0832. The molecule has 1 fully saturated rings. The minimum Gasteiger partial charge on any atom is -0.445 e. The SMILES string of the molecule is O=C(OCc1ccccc1)N1C2C=C(c3cccc(C(F)F)c3)CC1CC2. The molecule has 2 bridgehead atoms. The van der Waals surface area contributed by atoms with E-state index in [1.165, 1.54) is 6.07 Å². The normalized spacial score (nSPS) is 21.3. The van der Waals surface area contributed by atoms with Gasteiger partial charge >= 0.3 is 6.09 Å². The molecule has 2 unspecified atom stereocenters. The summed E-state index contributed by atoms with van der Waals surface area (Å²) < 4.78 is 31.5. The van der Waals surface area contributed by atoms with Crippen molar-refractivity contribution in [2.24, 2.45) is 0 Å². The summed E-state index contributed by atoms with van der Waals surface area (Å²) in [6.45, 7) is 0.253. The fourth-order valence-electron chi connectivity index (χ4n) is 4.00. The predicted octanol–water partition coefficient (Wildman–Crippen LogP) is 5.58. The molecule has 2 aromatic rings. The maximum atomic E-state index is 13.0. The number of hydrogen-bond donors (Lipinski definition) is 0. The minimum absolute atomic E-state index is 0.0303. The minimum atomic E-state index is -2.48. The summed E-state index contributed by atoms with van der Waals surface area (Å²) in [6, 6.07) is 16.2. The van der Waals surface area contributed by atoms with Crippen molar-refractivity contribution in [2.45, 2.75) is 44.4 Å². The Labute approximate surface area is 157 Å². The molecule has 140 valence electrons. The summed E-state index contributed by atoms with van der Waals surface area (Å²) >= 11 is 0. The van der Waals surface area contributed by atoms with Gasteiger partial charge in [-0.3, -0.25) is 4.90 Å². The monoisotopic (exact) mass is 369 g/mol. The number of alkyl halides is 2. The second kappa shape index (κ2) is 7.51. The Balaban J connectivity index is 1.47. The number of nitrogens with zero attached hydrogens (tertiary/aromatic N) is 1. The fraction of sp³-hybridized carbons (Fsp3) is 0.318. The molecule has 0 saturated carbocycles. The molecule has 4 rings (SSSR count). The standard InChI is InChI=1S/C22H21F2NO2/c23-21(24)17-8-4-7-16(11-17)18-12-19-9-10-20(13-18)25(19)22(26)27-14-15-5-2-1-3-6-15/h1-8,11-12,19-21H,9-10,13-14H2. The van der Waals surface area contributed by atoms with E-state index in [0.29, 0.717) is 6.42 Å². The molecule has 2 aliphatic rings. The van der Waals surface area contributed by atoms with E-state index in [0.717, 1.165) is 29.5 Å². The van der Waals surface area contributed by atoms with Crippen LogP contribution in [0.4, 0.5) is 13.6 Å². The Morgan fingerprint density at radius 1 is 1.11 bits per heavy atom. The largest absolute Gasteiger partial charge is 0.445 e. The molecule has 0 N–H and O–H groups in total. The molecule has 0 spiro atoms. The van der Waals surface area contributed by atoms with E-state index >= 15 is 0 Å². The maximum absolute atomic E-state index is 13.0. The van der Waals surface area contributed by atoms with Crippen LogP contribution in [0.1, 0.15) is 42.4 Å². The highest BCUT2D eigenvalue weighted by Crippen LogP contribution is 2.39. The van der Waals surface area contributed by atoms with Crippen molar-refractivity contribution in [2.75, 3.05) is 0 Å². The Kier molecular flexibility index (Phi) is 4.92. The van der Waals surface area contributed by atoms with Gasteiger partial charge in [0.25, 0.3) is 6.43 Å². The predicted molar refractivity (Wildman–Crippen MR) is 99.3 cm³/mol. The third-order valence-electron chi connectivity index (χ3n) is 5.32. The zero-order valence-corrected chi connectivity index (χ0v) is 14.9. The number of amides is 1. The summed E-state index contributed by atoms with van der Waals surface area (Å²) in [5, 5.41) is 0. The van der Waals surface area contributed by atoms with Crippen molar-refractivity contribution in [1.29, 1.82) is 0 Å². The van der Waals surface area contributed by atoms with Crippen LogP contribution in [0.25, 0.3) is 5.57 Å². The van der Waals surface area contributed by atoms with Gasteiger partial charge in [0, 0.05) is 11.6 Å². The van der Waals surface area contributed by atoms with Crippen molar-refractivity contribution in [3.63, 3.8) is 0 Å². The van der Waals surface area contributed by atoms with Gasteiger partial charge in [-0.25, -0.2) is 13.6 Å². The van der Waals surface area contributed by atoms with Gasteiger partial charge < -0.3 is 4.74 Å². The first-order valence-corrected chi connectivity index (χ1v) is 9.20. The summed E-state index contributed by atoms with van der Waals surface area (Å²) in [4.78, 5) is 14.4. The molecule has 5 heteroatoms. The molecule has 1 saturated heterocycles. The van der Waals surface area contributed by atoms with Gasteiger partial charge in [0.15, 0.2) is 0 Å². The molecular weight excluding hydrogens is 348 g/mol. The topological polar surface area (TPSA) is 29.5 Å². The molecule has 0 aliphatic carbocycles. The zero-order valence-electron chi connectivity index (χ0n) is 14.9. The van der Waals surface area contributed by atoms with Crippen molar-refractivity contribution >= 4 is 11.7 Å². The maximum Gasteiger partial charge on any atom is 0.410 e. The van der Waals surface area contributed by atoms with Gasteiger partial charge in [0.05, 0.1) is 6.04 Å². The molecule has 1 amide bonds. The van der Waals surface area contributed by atoms with E-state index < -0.39 is 6.43 Å². The fourth-order valence-corrected chi connectivity index (χ4v) is 4.00. The van der Waals surface area contributed by atoms with Crippen LogP contribution < -0.4 is 0 Å². The lowest BCUT2D eigenvalue weighted by Crippen LogP contribution is -2.43. The molecule has 27 heavy (non-hydrogen) atoms. The Bertz CT molecular complexity index is 850. The second-order valence-corrected chi connectivity index (χ2v) is 7.07. The van der Waals surface area contributed by atoms with E-state index in [9.17, 15) is 13.6 Å². The molecular formula is C22H21F2NO2. The van der Waals surface area contributed by atoms with E-state index in [1.807, 2.05) is 47.4 Å². The summed E-state index contributed by atoms with van der Waals surface area (Å²) in [7, 11) is 0.